The average molecular weight is 344 g/mol. The molecule has 1 fully saturated rings. The fraction of sp³-hybridized carbons (Fsp3) is 1.00. The topological polar surface area (TPSA) is 3.24 Å². The second-order valence-corrected chi connectivity index (χ2v) is 6.27. The summed E-state index contributed by atoms with van der Waals surface area (Å²) in [6.45, 7) is -0.103. The van der Waals surface area contributed by atoms with E-state index in [1.54, 1.807) is 4.90 Å². The van der Waals surface area contributed by atoms with Gasteiger partial charge in [0.25, 0.3) is 0 Å². The second kappa shape index (κ2) is 9.22. The molecule has 1 saturated carbocycles. The molecule has 1 aliphatic carbocycles. The van der Waals surface area contributed by atoms with E-state index in [4.69, 9.17) is 0 Å². The number of nitrogens with zero attached hydrogens (tertiary/aromatic N) is 1. The van der Waals surface area contributed by atoms with Crippen LogP contribution in [0.2, 0.25) is 0 Å². The molecule has 0 bridgehead atoms. The second-order valence-electron chi connectivity index (χ2n) is 5.48. The van der Waals surface area contributed by atoms with Crippen LogP contribution in [-0.4, -0.2) is 35.5 Å². The minimum atomic E-state index is -4.04. The van der Waals surface area contributed by atoms with Crippen LogP contribution in [0.25, 0.3) is 0 Å². The third kappa shape index (κ3) is 9.72. The molecule has 0 radical (unpaired) electrons. The first-order valence-corrected chi connectivity index (χ1v) is 8.52. The van der Waals surface area contributed by atoms with Gasteiger partial charge in [-0.05, 0) is 32.2 Å². The van der Waals surface area contributed by atoms with E-state index in [2.05, 4.69) is 15.9 Å². The summed E-state index contributed by atoms with van der Waals surface area (Å²) >= 11 is 3.41. The van der Waals surface area contributed by atoms with E-state index in [1.807, 2.05) is 0 Å². The van der Waals surface area contributed by atoms with Gasteiger partial charge in [-0.1, -0.05) is 48.0 Å². The van der Waals surface area contributed by atoms with Crippen molar-refractivity contribution in [3.63, 3.8) is 0 Å². The number of hydrogen-bond donors (Lipinski definition) is 0. The van der Waals surface area contributed by atoms with E-state index in [9.17, 15) is 13.2 Å². The van der Waals surface area contributed by atoms with Crippen LogP contribution in [0.5, 0.6) is 0 Å². The summed E-state index contributed by atoms with van der Waals surface area (Å²) < 4.78 is 37.2. The Hall–Kier alpha value is 0.230. The molecule has 0 spiro atoms. The molecule has 5 heteroatoms. The predicted molar refractivity (Wildman–Crippen MR) is 76.8 cm³/mol. The fourth-order valence-electron chi connectivity index (χ4n) is 2.35. The van der Waals surface area contributed by atoms with E-state index in [-0.39, 0.29) is 6.04 Å². The SMILES string of the molecule is FC(F)(F)CN(CCCCCCCCCBr)C1CC1. The molecule has 0 N–H and O–H groups in total. The van der Waals surface area contributed by atoms with Crippen LogP contribution in [0, 0.1) is 0 Å². The van der Waals surface area contributed by atoms with Gasteiger partial charge in [0.15, 0.2) is 0 Å². The van der Waals surface area contributed by atoms with Gasteiger partial charge in [-0.3, -0.25) is 4.90 Å². The molecule has 19 heavy (non-hydrogen) atoms. The molecule has 0 unspecified atom stereocenters. The summed E-state index contributed by atoms with van der Waals surface area (Å²) in [5, 5.41) is 1.07. The normalized spacial score (nSPS) is 16.3. The smallest absolute Gasteiger partial charge is 0.292 e. The Labute approximate surface area is 123 Å². The van der Waals surface area contributed by atoms with E-state index >= 15 is 0 Å². The van der Waals surface area contributed by atoms with Gasteiger partial charge in [0.2, 0.25) is 0 Å². The maximum absolute atomic E-state index is 12.4. The number of rotatable bonds is 11. The van der Waals surface area contributed by atoms with Gasteiger partial charge in [0.1, 0.15) is 0 Å². The van der Waals surface area contributed by atoms with Crippen molar-refractivity contribution in [2.24, 2.45) is 0 Å². The van der Waals surface area contributed by atoms with E-state index in [0.29, 0.717) is 6.54 Å². The number of halogens is 4. The quantitative estimate of drug-likeness (QED) is 0.371. The zero-order valence-electron chi connectivity index (χ0n) is 11.5. The third-order valence-corrected chi connectivity index (χ3v) is 4.09. The zero-order valence-corrected chi connectivity index (χ0v) is 13.1. The fourth-order valence-corrected chi connectivity index (χ4v) is 2.75. The van der Waals surface area contributed by atoms with Crippen LogP contribution in [0.3, 0.4) is 0 Å². The lowest BCUT2D eigenvalue weighted by molar-refractivity contribution is -0.147. The average Bonchev–Trinajstić information content (AvgIpc) is 3.13. The summed E-state index contributed by atoms with van der Waals surface area (Å²) in [4.78, 5) is 1.63. The summed E-state index contributed by atoms with van der Waals surface area (Å²) in [6, 6.07) is 0.209. The molecule has 0 saturated heterocycles. The first-order chi connectivity index (χ1) is 9.03. The van der Waals surface area contributed by atoms with Crippen LogP contribution < -0.4 is 0 Å². The van der Waals surface area contributed by atoms with Crippen molar-refractivity contribution in [1.29, 1.82) is 0 Å². The highest BCUT2D eigenvalue weighted by Crippen LogP contribution is 2.30. The van der Waals surface area contributed by atoms with Gasteiger partial charge in [-0.15, -0.1) is 0 Å². The van der Waals surface area contributed by atoms with Crippen LogP contribution in [0.4, 0.5) is 13.2 Å². The molecule has 1 rings (SSSR count). The largest absolute Gasteiger partial charge is 0.401 e. The Bertz CT molecular complexity index is 229. The van der Waals surface area contributed by atoms with Crippen molar-refractivity contribution in [3.8, 4) is 0 Å². The standard InChI is InChI=1S/C14H25BrF3N/c15-10-6-4-2-1-3-5-7-11-19(13-8-9-13)12-14(16,17)18/h13H,1-12H2. The first kappa shape index (κ1) is 17.3. The molecule has 0 aromatic rings. The molecule has 0 aliphatic heterocycles. The van der Waals surface area contributed by atoms with Gasteiger partial charge in [-0.25, -0.2) is 0 Å². The van der Waals surface area contributed by atoms with Crippen molar-refractivity contribution >= 4 is 15.9 Å². The molecule has 0 aromatic carbocycles. The Morgan fingerprint density at radius 2 is 1.42 bits per heavy atom. The molecule has 114 valence electrons. The lowest BCUT2D eigenvalue weighted by Gasteiger charge is -2.23. The Morgan fingerprint density at radius 3 is 1.89 bits per heavy atom. The number of alkyl halides is 4. The van der Waals surface area contributed by atoms with E-state index in [0.717, 1.165) is 37.4 Å². The van der Waals surface area contributed by atoms with E-state index < -0.39 is 12.7 Å². The zero-order chi connectivity index (χ0) is 14.1. The highest BCUT2D eigenvalue weighted by atomic mass is 79.9. The minimum Gasteiger partial charge on any atom is -0.292 e. The Balaban J connectivity index is 1.99. The Kier molecular flexibility index (Phi) is 8.38. The minimum absolute atomic E-state index is 0.209. The molecular formula is C14H25BrF3N. The van der Waals surface area contributed by atoms with Crippen molar-refractivity contribution in [1.82, 2.24) is 4.90 Å². The molecule has 0 heterocycles. The molecule has 0 amide bonds. The molecule has 0 aromatic heterocycles. The molecule has 1 nitrogen and oxygen atoms in total. The van der Waals surface area contributed by atoms with Gasteiger partial charge in [0.05, 0.1) is 6.54 Å². The van der Waals surface area contributed by atoms with Crippen molar-refractivity contribution in [2.75, 3.05) is 18.4 Å². The van der Waals surface area contributed by atoms with Gasteiger partial charge >= 0.3 is 6.18 Å². The molecular weight excluding hydrogens is 319 g/mol. The van der Waals surface area contributed by atoms with Crippen LogP contribution in [-0.2, 0) is 0 Å². The van der Waals surface area contributed by atoms with Gasteiger partial charge in [-0.2, -0.15) is 13.2 Å². The summed E-state index contributed by atoms with van der Waals surface area (Å²) in [6.07, 6.45) is 5.93. The third-order valence-electron chi connectivity index (χ3n) is 3.52. The van der Waals surface area contributed by atoms with E-state index in [1.165, 1.54) is 25.7 Å². The van der Waals surface area contributed by atoms with Crippen molar-refractivity contribution in [2.45, 2.75) is 70.0 Å². The highest BCUT2D eigenvalue weighted by molar-refractivity contribution is 9.09. The summed E-state index contributed by atoms with van der Waals surface area (Å²) in [7, 11) is 0. The summed E-state index contributed by atoms with van der Waals surface area (Å²) in [5.41, 5.74) is 0. The lowest BCUT2D eigenvalue weighted by Crippen LogP contribution is -2.36. The van der Waals surface area contributed by atoms with Crippen LogP contribution >= 0.6 is 15.9 Å². The van der Waals surface area contributed by atoms with Gasteiger partial charge in [0, 0.05) is 11.4 Å². The van der Waals surface area contributed by atoms with Crippen molar-refractivity contribution < 1.29 is 13.2 Å². The summed E-state index contributed by atoms with van der Waals surface area (Å²) in [5.74, 6) is 0. The first-order valence-electron chi connectivity index (χ1n) is 7.39. The van der Waals surface area contributed by atoms with Crippen molar-refractivity contribution in [3.05, 3.63) is 0 Å². The van der Waals surface area contributed by atoms with Crippen LogP contribution in [0.15, 0.2) is 0 Å². The van der Waals surface area contributed by atoms with Crippen LogP contribution in [0.1, 0.15) is 57.8 Å². The monoisotopic (exact) mass is 343 g/mol. The molecule has 0 atom stereocenters. The highest BCUT2D eigenvalue weighted by Gasteiger charge is 2.37. The number of hydrogen-bond acceptors (Lipinski definition) is 1. The maximum atomic E-state index is 12.4. The predicted octanol–water partition coefficient (Wildman–Crippen LogP) is 5.14. The Morgan fingerprint density at radius 1 is 0.895 bits per heavy atom. The molecule has 1 aliphatic rings. The maximum Gasteiger partial charge on any atom is 0.401 e. The lowest BCUT2D eigenvalue weighted by atomic mass is 10.1. The number of unbranched alkanes of at least 4 members (excludes halogenated alkanes) is 6. The van der Waals surface area contributed by atoms with Gasteiger partial charge < -0.3 is 0 Å².